The van der Waals surface area contributed by atoms with Gasteiger partial charge in [0.05, 0.1) is 36.9 Å². The average Bonchev–Trinajstić information content (AvgIpc) is 3.25. The molecule has 0 saturated carbocycles. The SMILES string of the molecule is CCOc1ccc(CC(=O)N2C[C@@H](OC)[C@H](c3cn[nH]n3)C2)cc1. The molecule has 128 valence electrons. The van der Waals surface area contributed by atoms with E-state index >= 15 is 0 Å². The summed E-state index contributed by atoms with van der Waals surface area (Å²) in [4.78, 5) is 14.4. The van der Waals surface area contributed by atoms with Crippen molar-refractivity contribution in [1.29, 1.82) is 0 Å². The van der Waals surface area contributed by atoms with Gasteiger partial charge in [-0.1, -0.05) is 12.1 Å². The van der Waals surface area contributed by atoms with Crippen molar-refractivity contribution in [1.82, 2.24) is 20.3 Å². The smallest absolute Gasteiger partial charge is 0.227 e. The molecule has 2 aromatic rings. The molecule has 7 heteroatoms. The number of hydrogen-bond acceptors (Lipinski definition) is 5. The third-order valence-corrected chi connectivity index (χ3v) is 4.32. The second kappa shape index (κ2) is 7.44. The first-order valence-electron chi connectivity index (χ1n) is 8.09. The van der Waals surface area contributed by atoms with Gasteiger partial charge in [-0.3, -0.25) is 4.79 Å². The molecule has 0 aliphatic carbocycles. The molecular weight excluding hydrogens is 308 g/mol. The molecule has 0 radical (unpaired) electrons. The molecule has 1 fully saturated rings. The summed E-state index contributed by atoms with van der Waals surface area (Å²) in [5.74, 6) is 0.964. The number of methoxy groups -OCH3 is 1. The molecule has 2 heterocycles. The van der Waals surface area contributed by atoms with Gasteiger partial charge in [0.15, 0.2) is 0 Å². The van der Waals surface area contributed by atoms with Crippen LogP contribution in [0, 0.1) is 0 Å². The number of aromatic amines is 1. The number of likely N-dealkylation sites (tertiary alicyclic amines) is 1. The lowest BCUT2D eigenvalue weighted by Gasteiger charge is -2.16. The van der Waals surface area contributed by atoms with Crippen LogP contribution in [0.2, 0.25) is 0 Å². The van der Waals surface area contributed by atoms with Gasteiger partial charge in [-0.25, -0.2) is 0 Å². The molecule has 1 aliphatic heterocycles. The number of H-pyrrole nitrogens is 1. The lowest BCUT2D eigenvalue weighted by molar-refractivity contribution is -0.129. The first-order valence-corrected chi connectivity index (χ1v) is 8.09. The highest BCUT2D eigenvalue weighted by Crippen LogP contribution is 2.28. The second-order valence-corrected chi connectivity index (χ2v) is 5.83. The molecule has 2 atom stereocenters. The van der Waals surface area contributed by atoms with E-state index in [0.29, 0.717) is 26.1 Å². The van der Waals surface area contributed by atoms with Crippen LogP contribution >= 0.6 is 0 Å². The van der Waals surface area contributed by atoms with E-state index in [4.69, 9.17) is 9.47 Å². The molecule has 1 saturated heterocycles. The van der Waals surface area contributed by atoms with Gasteiger partial charge in [0, 0.05) is 20.2 Å². The number of amides is 1. The van der Waals surface area contributed by atoms with E-state index in [9.17, 15) is 4.79 Å². The normalized spacial score (nSPS) is 20.3. The van der Waals surface area contributed by atoms with E-state index < -0.39 is 0 Å². The fourth-order valence-corrected chi connectivity index (χ4v) is 3.05. The first-order chi connectivity index (χ1) is 11.7. The van der Waals surface area contributed by atoms with Crippen molar-refractivity contribution >= 4 is 5.91 Å². The number of aromatic nitrogens is 3. The zero-order valence-electron chi connectivity index (χ0n) is 13.9. The Kier molecular flexibility index (Phi) is 5.10. The van der Waals surface area contributed by atoms with Gasteiger partial charge in [0.25, 0.3) is 0 Å². The van der Waals surface area contributed by atoms with Crippen LogP contribution in [0.5, 0.6) is 5.75 Å². The van der Waals surface area contributed by atoms with Crippen LogP contribution in [-0.2, 0) is 16.0 Å². The summed E-state index contributed by atoms with van der Waals surface area (Å²) >= 11 is 0. The van der Waals surface area contributed by atoms with E-state index in [1.54, 1.807) is 13.3 Å². The molecule has 1 aliphatic rings. The fraction of sp³-hybridized carbons (Fsp3) is 0.471. The molecular formula is C17H22N4O3. The van der Waals surface area contributed by atoms with Crippen molar-refractivity contribution in [3.05, 3.63) is 41.7 Å². The third-order valence-electron chi connectivity index (χ3n) is 4.32. The van der Waals surface area contributed by atoms with Gasteiger partial charge in [0.1, 0.15) is 5.75 Å². The summed E-state index contributed by atoms with van der Waals surface area (Å²) < 4.78 is 11.0. The standard InChI is InChI=1S/C17H22N4O3/c1-3-24-13-6-4-12(5-7-13)8-17(22)21-10-14(16(11-21)23-2)15-9-18-20-19-15/h4-7,9,14,16H,3,8,10-11H2,1-2H3,(H,18,19,20)/t14-,16+/m0/s1. The van der Waals surface area contributed by atoms with Crippen LogP contribution in [-0.4, -0.2) is 59.1 Å². The monoisotopic (exact) mass is 330 g/mol. The minimum Gasteiger partial charge on any atom is -0.494 e. The zero-order valence-corrected chi connectivity index (χ0v) is 13.9. The minimum atomic E-state index is -0.0561. The highest BCUT2D eigenvalue weighted by atomic mass is 16.5. The van der Waals surface area contributed by atoms with Crippen LogP contribution in [0.4, 0.5) is 0 Å². The number of rotatable bonds is 6. The summed E-state index contributed by atoms with van der Waals surface area (Å²) in [6, 6.07) is 7.66. The van der Waals surface area contributed by atoms with Gasteiger partial charge in [-0.05, 0) is 24.6 Å². The molecule has 1 N–H and O–H groups in total. The summed E-state index contributed by atoms with van der Waals surface area (Å²) in [7, 11) is 1.66. The molecule has 0 unspecified atom stereocenters. The summed E-state index contributed by atoms with van der Waals surface area (Å²) in [5, 5.41) is 10.6. The van der Waals surface area contributed by atoms with Gasteiger partial charge < -0.3 is 14.4 Å². The molecule has 0 bridgehead atoms. The van der Waals surface area contributed by atoms with Crippen LogP contribution in [0.3, 0.4) is 0 Å². The summed E-state index contributed by atoms with van der Waals surface area (Å²) in [5.41, 5.74) is 1.81. The molecule has 3 rings (SSSR count). The van der Waals surface area contributed by atoms with E-state index in [0.717, 1.165) is 17.0 Å². The molecule has 1 amide bonds. The maximum atomic E-state index is 12.6. The van der Waals surface area contributed by atoms with E-state index in [2.05, 4.69) is 15.4 Å². The number of hydrogen-bond donors (Lipinski definition) is 1. The Morgan fingerprint density at radius 2 is 2.12 bits per heavy atom. The number of carbonyl (C=O) groups excluding carboxylic acids is 1. The molecule has 24 heavy (non-hydrogen) atoms. The third kappa shape index (κ3) is 3.56. The van der Waals surface area contributed by atoms with Gasteiger partial charge >= 0.3 is 0 Å². The van der Waals surface area contributed by atoms with Crippen molar-refractivity contribution in [3.63, 3.8) is 0 Å². The largest absolute Gasteiger partial charge is 0.494 e. The molecule has 7 nitrogen and oxygen atoms in total. The van der Waals surface area contributed by atoms with Crippen molar-refractivity contribution in [2.45, 2.75) is 25.4 Å². The Balaban J connectivity index is 1.63. The maximum Gasteiger partial charge on any atom is 0.227 e. The lowest BCUT2D eigenvalue weighted by atomic mass is 10.0. The van der Waals surface area contributed by atoms with Crippen molar-refractivity contribution in [2.75, 3.05) is 26.8 Å². The quantitative estimate of drug-likeness (QED) is 0.866. The van der Waals surface area contributed by atoms with E-state index in [1.165, 1.54) is 0 Å². The topological polar surface area (TPSA) is 80.3 Å². The fourth-order valence-electron chi connectivity index (χ4n) is 3.05. The number of nitrogens with one attached hydrogen (secondary N) is 1. The summed E-state index contributed by atoms with van der Waals surface area (Å²) in [6.45, 7) is 3.75. The molecule has 1 aromatic heterocycles. The van der Waals surface area contributed by atoms with Gasteiger partial charge in [-0.15, -0.1) is 0 Å². The Morgan fingerprint density at radius 1 is 1.33 bits per heavy atom. The number of benzene rings is 1. The second-order valence-electron chi connectivity index (χ2n) is 5.83. The highest BCUT2D eigenvalue weighted by molar-refractivity contribution is 5.79. The van der Waals surface area contributed by atoms with Crippen LogP contribution in [0.1, 0.15) is 24.1 Å². The minimum absolute atomic E-state index is 0.0537. The first kappa shape index (κ1) is 16.4. The lowest BCUT2D eigenvalue weighted by Crippen LogP contribution is -2.31. The van der Waals surface area contributed by atoms with E-state index in [1.807, 2.05) is 36.1 Å². The Hall–Kier alpha value is -2.41. The van der Waals surface area contributed by atoms with Crippen molar-refractivity contribution < 1.29 is 14.3 Å². The van der Waals surface area contributed by atoms with Crippen LogP contribution < -0.4 is 4.74 Å². The van der Waals surface area contributed by atoms with Crippen LogP contribution in [0.15, 0.2) is 30.5 Å². The van der Waals surface area contributed by atoms with Crippen molar-refractivity contribution in [3.8, 4) is 5.75 Å². The number of carbonyl (C=O) groups is 1. The Labute approximate surface area is 141 Å². The molecule has 1 aromatic carbocycles. The average molecular weight is 330 g/mol. The zero-order chi connectivity index (χ0) is 16.9. The Morgan fingerprint density at radius 3 is 2.75 bits per heavy atom. The Bertz CT molecular complexity index is 657. The maximum absolute atomic E-state index is 12.6. The van der Waals surface area contributed by atoms with Crippen molar-refractivity contribution in [2.24, 2.45) is 0 Å². The summed E-state index contributed by atoms with van der Waals surface area (Å²) in [6.07, 6.45) is 2.00. The number of ether oxygens (including phenoxy) is 2. The van der Waals surface area contributed by atoms with Gasteiger partial charge in [-0.2, -0.15) is 15.4 Å². The van der Waals surface area contributed by atoms with Gasteiger partial charge in [0.2, 0.25) is 5.91 Å². The van der Waals surface area contributed by atoms with Crippen LogP contribution in [0.25, 0.3) is 0 Å². The predicted molar refractivity (Wildman–Crippen MR) is 87.8 cm³/mol. The highest BCUT2D eigenvalue weighted by Gasteiger charge is 2.37. The van der Waals surface area contributed by atoms with E-state index in [-0.39, 0.29) is 17.9 Å². The predicted octanol–water partition coefficient (Wildman–Crippen LogP) is 1.39. The number of nitrogens with zero attached hydrogens (tertiary/aromatic N) is 3. The molecule has 0 spiro atoms.